The summed E-state index contributed by atoms with van der Waals surface area (Å²) >= 11 is 0. The molecule has 0 spiro atoms. The number of ether oxygens (including phenoxy) is 1. The van der Waals surface area contributed by atoms with Crippen molar-refractivity contribution in [2.24, 2.45) is 0 Å². The van der Waals surface area contributed by atoms with Gasteiger partial charge in [-0.3, -0.25) is 18.6 Å². The molecule has 0 saturated carbocycles. The molecule has 0 aromatic rings. The molecule has 0 bridgehead atoms. The number of esters is 1. The van der Waals surface area contributed by atoms with Crippen molar-refractivity contribution in [2.75, 3.05) is 40.9 Å². The normalized spacial score (nSPS) is 14.2. The number of hydrogen-bond acceptors (Lipinski definition) is 6. The molecule has 75 heavy (non-hydrogen) atoms. The Morgan fingerprint density at radius 3 is 1.24 bits per heavy atom. The molecule has 3 unspecified atom stereocenters. The Morgan fingerprint density at radius 2 is 0.813 bits per heavy atom. The fraction of sp³-hybridized carbons (Fsp3) is 0.785. The third-order valence-corrected chi connectivity index (χ3v) is 14.6. The van der Waals surface area contributed by atoms with Crippen LogP contribution in [0, 0.1) is 0 Å². The first-order chi connectivity index (χ1) is 36.4. The molecule has 0 aliphatic heterocycles. The van der Waals surface area contributed by atoms with Crippen LogP contribution in [0.2, 0.25) is 0 Å². The third-order valence-electron chi connectivity index (χ3n) is 13.6. The molecule has 10 heteroatoms. The van der Waals surface area contributed by atoms with E-state index in [0.717, 1.165) is 103 Å². The molecule has 9 nitrogen and oxygen atoms in total. The number of unbranched alkanes of at least 4 members (excludes halogenated alkanes) is 30. The van der Waals surface area contributed by atoms with Crippen molar-refractivity contribution >= 4 is 19.7 Å². The maximum Gasteiger partial charge on any atom is 0.472 e. The fourth-order valence-electron chi connectivity index (χ4n) is 8.74. The van der Waals surface area contributed by atoms with Gasteiger partial charge >= 0.3 is 13.8 Å². The summed E-state index contributed by atoms with van der Waals surface area (Å²) in [4.78, 5) is 37.7. The van der Waals surface area contributed by atoms with Crippen molar-refractivity contribution in [3.63, 3.8) is 0 Å². The van der Waals surface area contributed by atoms with E-state index >= 15 is 0 Å². The smallest absolute Gasteiger partial charge is 0.456 e. The molecule has 0 aliphatic carbocycles. The van der Waals surface area contributed by atoms with Crippen LogP contribution in [-0.2, 0) is 27.9 Å². The molecule has 0 aromatic heterocycles. The van der Waals surface area contributed by atoms with Crippen LogP contribution in [0.5, 0.6) is 0 Å². The molecule has 1 amide bonds. The van der Waals surface area contributed by atoms with Gasteiger partial charge < -0.3 is 19.4 Å². The first-order valence-corrected chi connectivity index (χ1v) is 32.8. The zero-order chi connectivity index (χ0) is 55.0. The van der Waals surface area contributed by atoms with Crippen LogP contribution in [0.3, 0.4) is 0 Å². The number of quaternary nitrogens is 1. The van der Waals surface area contributed by atoms with E-state index in [1.165, 1.54) is 141 Å². The molecule has 3 atom stereocenters. The van der Waals surface area contributed by atoms with E-state index in [9.17, 15) is 19.0 Å². The van der Waals surface area contributed by atoms with Gasteiger partial charge in [0.1, 0.15) is 19.3 Å². The van der Waals surface area contributed by atoms with Crippen LogP contribution < -0.4 is 5.32 Å². The van der Waals surface area contributed by atoms with Crippen molar-refractivity contribution in [2.45, 2.75) is 290 Å². The van der Waals surface area contributed by atoms with Crippen LogP contribution >= 0.6 is 7.82 Å². The van der Waals surface area contributed by atoms with Gasteiger partial charge in [-0.05, 0) is 102 Å². The fourth-order valence-corrected chi connectivity index (χ4v) is 9.48. The number of rotatable bonds is 56. The van der Waals surface area contributed by atoms with Crippen molar-refractivity contribution in [1.82, 2.24) is 5.32 Å². The number of amides is 1. The van der Waals surface area contributed by atoms with Crippen LogP contribution in [0.4, 0.5) is 0 Å². The third kappa shape index (κ3) is 56.0. The van der Waals surface area contributed by atoms with E-state index in [2.05, 4.69) is 86.8 Å². The summed E-state index contributed by atoms with van der Waals surface area (Å²) in [6.45, 7) is 6.95. The number of allylic oxidation sites excluding steroid dienone is 11. The Morgan fingerprint density at radius 1 is 0.467 bits per heavy atom. The molecule has 0 radical (unpaired) electrons. The van der Waals surface area contributed by atoms with Crippen molar-refractivity contribution in [3.05, 3.63) is 72.9 Å². The van der Waals surface area contributed by atoms with Gasteiger partial charge in [-0.15, -0.1) is 0 Å². The molecule has 0 rings (SSSR count). The number of phosphoric acid groups is 1. The predicted octanol–water partition coefficient (Wildman–Crippen LogP) is 19.2. The van der Waals surface area contributed by atoms with Gasteiger partial charge in [-0.25, -0.2) is 4.57 Å². The van der Waals surface area contributed by atoms with Gasteiger partial charge in [-0.2, -0.15) is 0 Å². The van der Waals surface area contributed by atoms with Gasteiger partial charge in [0.25, 0.3) is 0 Å². The summed E-state index contributed by atoms with van der Waals surface area (Å²) in [6.07, 6.45) is 70.3. The molecule has 2 N–H and O–H groups in total. The largest absolute Gasteiger partial charge is 0.472 e. The highest BCUT2D eigenvalue weighted by atomic mass is 31.2. The van der Waals surface area contributed by atoms with Gasteiger partial charge in [0.05, 0.1) is 33.8 Å². The van der Waals surface area contributed by atoms with Gasteiger partial charge in [0.15, 0.2) is 0 Å². The average molecular weight is 1070 g/mol. The molecule has 0 fully saturated rings. The molecule has 0 heterocycles. The number of carbonyl (C=O) groups is 2. The van der Waals surface area contributed by atoms with Gasteiger partial charge in [0, 0.05) is 12.8 Å². The van der Waals surface area contributed by atoms with E-state index in [-0.39, 0.29) is 31.5 Å². The lowest BCUT2D eigenvalue weighted by Crippen LogP contribution is -2.47. The first kappa shape index (κ1) is 72.5. The maximum absolute atomic E-state index is 13.6. The zero-order valence-electron chi connectivity index (χ0n) is 49.8. The summed E-state index contributed by atoms with van der Waals surface area (Å²) in [5, 5.41) is 3.05. The number of phosphoric ester groups is 1. The van der Waals surface area contributed by atoms with E-state index in [0.29, 0.717) is 17.4 Å². The lowest BCUT2D eigenvalue weighted by molar-refractivity contribution is -0.870. The quantitative estimate of drug-likeness (QED) is 0.0205. The van der Waals surface area contributed by atoms with E-state index in [4.69, 9.17) is 13.8 Å². The standard InChI is InChI=1S/C65H119N2O7P/c1-7-10-13-16-19-22-25-28-30-32-33-35-36-39-42-45-48-51-54-57-64(68)66-62(61-73-75(70,71)72-60-59-67(4,5)6)63(56-53-50-47-44-41-38-27-24-21-18-15-12-9-3)74-65(69)58-55-52-49-46-43-40-37-34-31-29-26-23-20-17-14-11-8-2/h19-20,22-23,28-31,33,35,53,56,62-63H,7-18,21,24-27,32,34,36-52,54-55,57-61H2,1-6H3,(H-,66,68,70,71)/p+1/b22-19-,23-20-,30-28-,31-29-,35-33-,56-53+. The number of hydrogen-bond donors (Lipinski definition) is 2. The lowest BCUT2D eigenvalue weighted by Gasteiger charge is -2.27. The van der Waals surface area contributed by atoms with Crippen molar-refractivity contribution < 1.29 is 37.3 Å². The van der Waals surface area contributed by atoms with Gasteiger partial charge in [0.2, 0.25) is 5.91 Å². The van der Waals surface area contributed by atoms with Crippen LogP contribution in [-0.4, -0.2) is 74.3 Å². The predicted molar refractivity (Wildman–Crippen MR) is 323 cm³/mol. The minimum atomic E-state index is -4.46. The second kappa shape index (κ2) is 54.8. The number of likely N-dealkylation sites (N-methyl/N-ethyl adjacent to an activating group) is 1. The van der Waals surface area contributed by atoms with Gasteiger partial charge in [-0.1, -0.05) is 235 Å². The molecular formula is C65H120N2O7P+. The topological polar surface area (TPSA) is 111 Å². The maximum atomic E-state index is 13.6. The second-order valence-corrected chi connectivity index (χ2v) is 23.7. The summed E-state index contributed by atoms with van der Waals surface area (Å²) < 4.78 is 30.7. The average Bonchev–Trinajstić information content (AvgIpc) is 3.37. The Labute approximate surface area is 463 Å². The van der Waals surface area contributed by atoms with Crippen LogP contribution in [0.1, 0.15) is 278 Å². The SMILES string of the molecule is CCCCC/C=C\C/C=C\C/C=C\CCCCCCCCC(=O)NC(COP(=O)(O)OCC[N+](C)(C)C)C(/C=C/CCCCCCCCCCCCC)OC(=O)CCCCCCCCC/C=C\C/C=C\CCCCC. The molecule has 0 aromatic carbocycles. The summed E-state index contributed by atoms with van der Waals surface area (Å²) in [5.74, 6) is -0.526. The minimum absolute atomic E-state index is 0.0339. The highest BCUT2D eigenvalue weighted by Crippen LogP contribution is 2.43. The van der Waals surface area contributed by atoms with E-state index in [1.54, 1.807) is 0 Å². The Bertz CT molecular complexity index is 1510. The first-order valence-electron chi connectivity index (χ1n) is 31.3. The van der Waals surface area contributed by atoms with Crippen molar-refractivity contribution in [1.29, 1.82) is 0 Å². The number of nitrogens with one attached hydrogen (secondary N) is 1. The molecule has 0 aliphatic rings. The monoisotopic (exact) mass is 1070 g/mol. The van der Waals surface area contributed by atoms with E-state index < -0.39 is 20.0 Å². The Kier molecular flexibility index (Phi) is 52.9. The highest BCUT2D eigenvalue weighted by molar-refractivity contribution is 7.47. The number of carbonyl (C=O) groups excluding carboxylic acids is 2. The number of nitrogens with zero attached hydrogens (tertiary/aromatic N) is 1. The summed E-state index contributed by atoms with van der Waals surface area (Å²) in [5.41, 5.74) is 0. The Hall–Kier alpha value is -2.55. The van der Waals surface area contributed by atoms with Crippen LogP contribution in [0.25, 0.3) is 0 Å². The lowest BCUT2D eigenvalue weighted by atomic mass is 10.0. The summed E-state index contributed by atoms with van der Waals surface area (Å²) in [7, 11) is 1.48. The molecule has 436 valence electrons. The summed E-state index contributed by atoms with van der Waals surface area (Å²) in [6, 6.07) is -0.861. The molecule has 0 saturated heterocycles. The van der Waals surface area contributed by atoms with E-state index in [1.807, 2.05) is 33.3 Å². The van der Waals surface area contributed by atoms with Crippen LogP contribution in [0.15, 0.2) is 72.9 Å². The van der Waals surface area contributed by atoms with Crippen molar-refractivity contribution in [3.8, 4) is 0 Å². The Balaban J connectivity index is 5.33. The zero-order valence-corrected chi connectivity index (χ0v) is 50.7. The molecular weight excluding hydrogens is 952 g/mol. The second-order valence-electron chi connectivity index (χ2n) is 22.2. The minimum Gasteiger partial charge on any atom is -0.456 e. The highest BCUT2D eigenvalue weighted by Gasteiger charge is 2.30.